The van der Waals surface area contributed by atoms with Gasteiger partial charge in [0.2, 0.25) is 5.91 Å². The maximum atomic E-state index is 13.1. The van der Waals surface area contributed by atoms with Crippen molar-refractivity contribution < 1.29 is 14.4 Å². The zero-order chi connectivity index (χ0) is 23.4. The van der Waals surface area contributed by atoms with Gasteiger partial charge < -0.3 is 15.5 Å². The molecule has 170 valence electrons. The number of hydrogen-bond acceptors (Lipinski definition) is 4. The molecule has 4 rings (SSSR count). The van der Waals surface area contributed by atoms with Gasteiger partial charge in [-0.2, -0.15) is 5.10 Å². The van der Waals surface area contributed by atoms with Gasteiger partial charge in [0.25, 0.3) is 11.8 Å². The highest BCUT2D eigenvalue weighted by molar-refractivity contribution is 6.01. The van der Waals surface area contributed by atoms with Gasteiger partial charge in [-0.1, -0.05) is 48.0 Å². The second kappa shape index (κ2) is 9.68. The number of rotatable bonds is 6. The van der Waals surface area contributed by atoms with Gasteiger partial charge >= 0.3 is 0 Å². The van der Waals surface area contributed by atoms with Crippen molar-refractivity contribution in [3.05, 3.63) is 83.2 Å². The average Bonchev–Trinajstić information content (AvgIpc) is 3.18. The number of hydrogen-bond donors (Lipinski definition) is 2. The van der Waals surface area contributed by atoms with Crippen LogP contribution in [-0.4, -0.2) is 45.0 Å². The van der Waals surface area contributed by atoms with Gasteiger partial charge in [-0.3, -0.25) is 19.1 Å². The molecule has 1 aliphatic heterocycles. The van der Waals surface area contributed by atoms with Gasteiger partial charge in [0.15, 0.2) is 5.69 Å². The summed E-state index contributed by atoms with van der Waals surface area (Å²) in [5.41, 5.74) is 3.37. The van der Waals surface area contributed by atoms with E-state index in [2.05, 4.69) is 15.7 Å². The van der Waals surface area contributed by atoms with Crippen molar-refractivity contribution >= 4 is 23.4 Å². The van der Waals surface area contributed by atoms with Crippen molar-refractivity contribution in [1.82, 2.24) is 20.0 Å². The van der Waals surface area contributed by atoms with Gasteiger partial charge in [-0.05, 0) is 38.0 Å². The Bertz CT molecular complexity index is 1150. The minimum atomic E-state index is -0.770. The number of aryl methyl sites for hydroxylation is 2. The van der Waals surface area contributed by atoms with Gasteiger partial charge in [0.1, 0.15) is 11.7 Å². The van der Waals surface area contributed by atoms with Crippen LogP contribution >= 0.6 is 0 Å². The van der Waals surface area contributed by atoms with E-state index in [1.54, 1.807) is 28.6 Å². The van der Waals surface area contributed by atoms with E-state index in [1.165, 1.54) is 11.6 Å². The molecule has 2 N–H and O–H groups in total. The molecule has 0 saturated carbocycles. The Hall–Kier alpha value is -3.94. The summed E-state index contributed by atoms with van der Waals surface area (Å²) in [6, 6.07) is 17.9. The minimum Gasteiger partial charge on any atom is -0.339 e. The van der Waals surface area contributed by atoms with Crippen LogP contribution in [0.4, 0.5) is 5.69 Å². The SMILES string of the molecule is Cc1ccc(CN2CCCn3nc(C(=O)NC(C)C(=O)Nc4ccccc4)cc3C2=O)cc1. The third kappa shape index (κ3) is 5.28. The molecule has 3 amide bonds. The summed E-state index contributed by atoms with van der Waals surface area (Å²) in [4.78, 5) is 40.1. The van der Waals surface area contributed by atoms with E-state index >= 15 is 0 Å². The van der Waals surface area contributed by atoms with Crippen molar-refractivity contribution in [2.24, 2.45) is 0 Å². The lowest BCUT2D eigenvalue weighted by molar-refractivity contribution is -0.117. The monoisotopic (exact) mass is 445 g/mol. The lowest BCUT2D eigenvalue weighted by atomic mass is 10.1. The predicted octanol–water partition coefficient (Wildman–Crippen LogP) is 2.99. The smallest absolute Gasteiger partial charge is 0.272 e. The highest BCUT2D eigenvalue weighted by Gasteiger charge is 2.27. The van der Waals surface area contributed by atoms with E-state index in [-0.39, 0.29) is 17.5 Å². The van der Waals surface area contributed by atoms with E-state index in [4.69, 9.17) is 0 Å². The van der Waals surface area contributed by atoms with Crippen LogP contribution in [0.2, 0.25) is 0 Å². The Balaban J connectivity index is 1.42. The summed E-state index contributed by atoms with van der Waals surface area (Å²) >= 11 is 0. The molecule has 8 nitrogen and oxygen atoms in total. The summed E-state index contributed by atoms with van der Waals surface area (Å²) in [6.07, 6.45) is 0.739. The van der Waals surface area contributed by atoms with Crippen LogP contribution in [0.3, 0.4) is 0 Å². The number of nitrogens with zero attached hydrogens (tertiary/aromatic N) is 3. The Kier molecular flexibility index (Phi) is 6.53. The van der Waals surface area contributed by atoms with Crippen LogP contribution in [0.1, 0.15) is 45.4 Å². The second-order valence-electron chi connectivity index (χ2n) is 8.25. The number of carbonyl (C=O) groups excluding carboxylic acids is 3. The van der Waals surface area contributed by atoms with Crippen molar-refractivity contribution in [2.75, 3.05) is 11.9 Å². The molecule has 0 spiro atoms. The lowest BCUT2D eigenvalue weighted by Crippen LogP contribution is -2.41. The third-order valence-electron chi connectivity index (χ3n) is 5.59. The fourth-order valence-electron chi connectivity index (χ4n) is 3.72. The predicted molar refractivity (Wildman–Crippen MR) is 125 cm³/mol. The number of fused-ring (bicyclic) bond motifs is 1. The van der Waals surface area contributed by atoms with E-state index in [0.717, 1.165) is 12.0 Å². The first-order valence-corrected chi connectivity index (χ1v) is 11.0. The summed E-state index contributed by atoms with van der Waals surface area (Å²) < 4.78 is 1.58. The molecular formula is C25H27N5O3. The molecule has 1 unspecified atom stereocenters. The Morgan fingerprint density at radius 1 is 1.06 bits per heavy atom. The number of benzene rings is 2. The third-order valence-corrected chi connectivity index (χ3v) is 5.59. The topological polar surface area (TPSA) is 96.3 Å². The molecule has 0 saturated heterocycles. The number of anilines is 1. The van der Waals surface area contributed by atoms with Crippen molar-refractivity contribution in [2.45, 2.75) is 39.4 Å². The van der Waals surface area contributed by atoms with Crippen LogP contribution in [0.25, 0.3) is 0 Å². The number of carbonyl (C=O) groups is 3. The largest absolute Gasteiger partial charge is 0.339 e. The highest BCUT2D eigenvalue weighted by Crippen LogP contribution is 2.17. The van der Waals surface area contributed by atoms with Crippen LogP contribution in [0.5, 0.6) is 0 Å². The Labute approximate surface area is 192 Å². The Morgan fingerprint density at radius 2 is 1.79 bits per heavy atom. The van der Waals surface area contributed by atoms with Crippen molar-refractivity contribution in [3.63, 3.8) is 0 Å². The van der Waals surface area contributed by atoms with Crippen LogP contribution in [0.15, 0.2) is 60.7 Å². The first-order chi connectivity index (χ1) is 15.9. The summed E-state index contributed by atoms with van der Waals surface area (Å²) in [5, 5.41) is 9.75. The minimum absolute atomic E-state index is 0.120. The zero-order valence-corrected chi connectivity index (χ0v) is 18.7. The highest BCUT2D eigenvalue weighted by atomic mass is 16.2. The van der Waals surface area contributed by atoms with Crippen LogP contribution < -0.4 is 10.6 Å². The molecule has 1 aliphatic rings. The van der Waals surface area contributed by atoms with Crippen LogP contribution in [-0.2, 0) is 17.9 Å². The molecule has 1 aromatic heterocycles. The molecule has 0 fully saturated rings. The van der Waals surface area contributed by atoms with Gasteiger partial charge in [0.05, 0.1) is 0 Å². The lowest BCUT2D eigenvalue weighted by Gasteiger charge is -2.20. The number of nitrogens with one attached hydrogen (secondary N) is 2. The zero-order valence-electron chi connectivity index (χ0n) is 18.7. The number of aromatic nitrogens is 2. The molecule has 2 aromatic carbocycles. The molecular weight excluding hydrogens is 418 g/mol. The second-order valence-corrected chi connectivity index (χ2v) is 8.25. The standard InChI is InChI=1S/C25H27N5O3/c1-17-9-11-19(12-10-17)16-29-13-6-14-30-22(25(29)33)15-21(28-30)24(32)26-18(2)23(31)27-20-7-4-3-5-8-20/h3-5,7-12,15,18H,6,13-14,16H2,1-2H3,(H,26,32)(H,27,31). The van der Waals surface area contributed by atoms with E-state index in [1.807, 2.05) is 49.4 Å². The van der Waals surface area contributed by atoms with E-state index < -0.39 is 11.9 Å². The number of para-hydroxylation sites is 1. The average molecular weight is 446 g/mol. The molecule has 8 heteroatoms. The summed E-state index contributed by atoms with van der Waals surface area (Å²) in [5.74, 6) is -0.991. The summed E-state index contributed by atoms with van der Waals surface area (Å²) in [6.45, 7) is 5.30. The summed E-state index contributed by atoms with van der Waals surface area (Å²) in [7, 11) is 0. The molecule has 0 radical (unpaired) electrons. The first kappa shape index (κ1) is 22.3. The molecule has 2 heterocycles. The first-order valence-electron chi connectivity index (χ1n) is 11.0. The van der Waals surface area contributed by atoms with Gasteiger partial charge in [-0.15, -0.1) is 0 Å². The molecule has 1 atom stereocenters. The van der Waals surface area contributed by atoms with Crippen molar-refractivity contribution in [3.8, 4) is 0 Å². The quantitative estimate of drug-likeness (QED) is 0.610. The number of amides is 3. The molecule has 0 aliphatic carbocycles. The fourth-order valence-corrected chi connectivity index (χ4v) is 3.72. The molecule has 33 heavy (non-hydrogen) atoms. The van der Waals surface area contributed by atoms with Gasteiger partial charge in [0, 0.05) is 31.4 Å². The maximum Gasteiger partial charge on any atom is 0.272 e. The molecule has 0 bridgehead atoms. The normalized spacial score (nSPS) is 14.2. The van der Waals surface area contributed by atoms with Gasteiger partial charge in [-0.25, -0.2) is 0 Å². The fraction of sp³-hybridized carbons (Fsp3) is 0.280. The molecule has 3 aromatic rings. The van der Waals surface area contributed by atoms with Crippen LogP contribution in [0, 0.1) is 6.92 Å². The van der Waals surface area contributed by atoms with E-state index in [9.17, 15) is 14.4 Å². The Morgan fingerprint density at radius 3 is 2.52 bits per heavy atom. The van der Waals surface area contributed by atoms with Crippen molar-refractivity contribution in [1.29, 1.82) is 0 Å². The maximum absolute atomic E-state index is 13.1. The van der Waals surface area contributed by atoms with E-state index in [0.29, 0.717) is 31.0 Å².